The second kappa shape index (κ2) is 5.90. The lowest BCUT2D eigenvalue weighted by Gasteiger charge is -2.29. The summed E-state index contributed by atoms with van der Waals surface area (Å²) in [4.78, 5) is 12.8. The van der Waals surface area contributed by atoms with Gasteiger partial charge in [0.1, 0.15) is 11.6 Å². The normalized spacial score (nSPS) is 18.8. The number of aromatic nitrogens is 2. The summed E-state index contributed by atoms with van der Waals surface area (Å²) in [6.45, 7) is 5.85. The van der Waals surface area contributed by atoms with E-state index in [1.54, 1.807) is 19.1 Å². The predicted octanol–water partition coefficient (Wildman–Crippen LogP) is 4.25. The highest BCUT2D eigenvalue weighted by atomic mass is 19.1. The third-order valence-corrected chi connectivity index (χ3v) is 5.78. The van der Waals surface area contributed by atoms with Gasteiger partial charge in [0.05, 0.1) is 17.3 Å². The zero-order valence-electron chi connectivity index (χ0n) is 15.2. The first-order valence-electron chi connectivity index (χ1n) is 8.82. The van der Waals surface area contributed by atoms with Crippen LogP contribution in [0.15, 0.2) is 48.7 Å². The molecule has 0 saturated heterocycles. The highest BCUT2D eigenvalue weighted by molar-refractivity contribution is 5.90. The zero-order chi connectivity index (χ0) is 18.5. The SMILES string of the molecule is CC(=O)[C@@]1(c2cccc(C)c2C)Cc2cnn(-c3ccc(F)cc3)c2C1. The van der Waals surface area contributed by atoms with Crippen molar-refractivity contribution >= 4 is 5.78 Å². The second-order valence-corrected chi connectivity index (χ2v) is 7.24. The van der Waals surface area contributed by atoms with Crippen molar-refractivity contribution in [1.82, 2.24) is 9.78 Å². The smallest absolute Gasteiger partial charge is 0.141 e. The summed E-state index contributed by atoms with van der Waals surface area (Å²) in [5.41, 5.74) is 5.86. The summed E-state index contributed by atoms with van der Waals surface area (Å²) in [6, 6.07) is 12.5. The van der Waals surface area contributed by atoms with E-state index in [2.05, 4.69) is 31.1 Å². The number of halogens is 1. The van der Waals surface area contributed by atoms with Gasteiger partial charge >= 0.3 is 0 Å². The molecule has 2 aromatic carbocycles. The molecule has 1 aliphatic carbocycles. The molecule has 132 valence electrons. The van der Waals surface area contributed by atoms with Crippen LogP contribution in [0.3, 0.4) is 0 Å². The van der Waals surface area contributed by atoms with Gasteiger partial charge in [-0.05, 0) is 73.7 Å². The van der Waals surface area contributed by atoms with E-state index in [9.17, 15) is 9.18 Å². The standard InChI is InChI=1S/C22H21FN2O/c1-14-5-4-6-20(15(14)2)22(16(3)26)11-17-13-24-25(21(17)12-22)19-9-7-18(23)8-10-19/h4-10,13H,11-12H2,1-3H3/t22-/m1/s1. The van der Waals surface area contributed by atoms with Crippen LogP contribution in [0.25, 0.3) is 5.69 Å². The van der Waals surface area contributed by atoms with E-state index < -0.39 is 5.41 Å². The molecule has 1 aliphatic rings. The van der Waals surface area contributed by atoms with Crippen molar-refractivity contribution in [3.05, 3.63) is 82.4 Å². The minimum absolute atomic E-state index is 0.174. The Morgan fingerprint density at radius 2 is 1.85 bits per heavy atom. The van der Waals surface area contributed by atoms with Gasteiger partial charge in [0.25, 0.3) is 0 Å². The number of aryl methyl sites for hydroxylation is 1. The molecule has 0 N–H and O–H groups in total. The molecule has 0 bridgehead atoms. The topological polar surface area (TPSA) is 34.9 Å². The number of fused-ring (bicyclic) bond motifs is 1. The third-order valence-electron chi connectivity index (χ3n) is 5.78. The number of carbonyl (C=O) groups excluding carboxylic acids is 1. The number of nitrogens with zero attached hydrogens (tertiary/aromatic N) is 2. The Kier molecular flexibility index (Phi) is 3.79. The molecular formula is C22H21FN2O. The first-order chi connectivity index (χ1) is 12.4. The highest BCUT2D eigenvalue weighted by Gasteiger charge is 2.45. The van der Waals surface area contributed by atoms with Gasteiger partial charge in [0, 0.05) is 12.1 Å². The quantitative estimate of drug-likeness (QED) is 0.709. The monoisotopic (exact) mass is 348 g/mol. The van der Waals surface area contributed by atoms with Gasteiger partial charge in [0.15, 0.2) is 0 Å². The minimum atomic E-state index is -0.550. The maximum atomic E-state index is 13.3. The molecule has 0 radical (unpaired) electrons. The fourth-order valence-electron chi connectivity index (χ4n) is 4.12. The van der Waals surface area contributed by atoms with Crippen LogP contribution in [0.1, 0.15) is 34.9 Å². The van der Waals surface area contributed by atoms with Crippen LogP contribution in [0.5, 0.6) is 0 Å². The van der Waals surface area contributed by atoms with Crippen LogP contribution in [-0.2, 0) is 23.1 Å². The molecule has 0 aliphatic heterocycles. The lowest BCUT2D eigenvalue weighted by atomic mass is 9.72. The Bertz CT molecular complexity index is 1000. The predicted molar refractivity (Wildman–Crippen MR) is 99.2 cm³/mol. The van der Waals surface area contributed by atoms with Gasteiger partial charge in [-0.15, -0.1) is 0 Å². The summed E-state index contributed by atoms with van der Waals surface area (Å²) in [5.74, 6) is -0.0981. The van der Waals surface area contributed by atoms with Gasteiger partial charge in [-0.1, -0.05) is 18.2 Å². The molecule has 1 heterocycles. The van der Waals surface area contributed by atoms with E-state index in [4.69, 9.17) is 0 Å². The number of rotatable bonds is 3. The maximum Gasteiger partial charge on any atom is 0.141 e. The van der Waals surface area contributed by atoms with Crippen LogP contribution in [-0.4, -0.2) is 15.6 Å². The van der Waals surface area contributed by atoms with Gasteiger partial charge in [-0.2, -0.15) is 5.10 Å². The highest BCUT2D eigenvalue weighted by Crippen LogP contribution is 2.43. The molecule has 3 nitrogen and oxygen atoms in total. The van der Waals surface area contributed by atoms with Gasteiger partial charge < -0.3 is 0 Å². The molecule has 0 amide bonds. The number of ketones is 1. The van der Waals surface area contributed by atoms with E-state index in [1.807, 2.05) is 16.9 Å². The van der Waals surface area contributed by atoms with Crippen molar-refractivity contribution in [3.8, 4) is 5.69 Å². The Balaban J connectivity index is 1.82. The molecule has 1 aromatic heterocycles. The van der Waals surface area contributed by atoms with Crippen LogP contribution in [0, 0.1) is 19.7 Å². The third kappa shape index (κ3) is 2.40. The van der Waals surface area contributed by atoms with Gasteiger partial charge in [-0.25, -0.2) is 9.07 Å². The molecule has 0 spiro atoms. The Labute approximate surface area is 152 Å². The molecular weight excluding hydrogens is 327 g/mol. The average Bonchev–Trinajstić information content (AvgIpc) is 3.17. The van der Waals surface area contributed by atoms with Crippen molar-refractivity contribution < 1.29 is 9.18 Å². The first kappa shape index (κ1) is 16.7. The van der Waals surface area contributed by atoms with Crippen molar-refractivity contribution in [2.45, 2.75) is 39.0 Å². The summed E-state index contributed by atoms with van der Waals surface area (Å²) in [7, 11) is 0. The van der Waals surface area contributed by atoms with E-state index >= 15 is 0 Å². The Hall–Kier alpha value is -2.75. The summed E-state index contributed by atoms with van der Waals surface area (Å²) >= 11 is 0. The zero-order valence-corrected chi connectivity index (χ0v) is 15.2. The fraction of sp³-hybridized carbons (Fsp3) is 0.273. The maximum absolute atomic E-state index is 13.3. The molecule has 0 saturated carbocycles. The summed E-state index contributed by atoms with van der Waals surface area (Å²) < 4.78 is 15.1. The van der Waals surface area contributed by atoms with E-state index in [-0.39, 0.29) is 11.6 Å². The van der Waals surface area contributed by atoms with Crippen LogP contribution in [0.2, 0.25) is 0 Å². The summed E-state index contributed by atoms with van der Waals surface area (Å²) in [6.07, 6.45) is 3.11. The molecule has 0 unspecified atom stereocenters. The second-order valence-electron chi connectivity index (χ2n) is 7.24. The van der Waals surface area contributed by atoms with Crippen LogP contribution in [0.4, 0.5) is 4.39 Å². The van der Waals surface area contributed by atoms with Crippen molar-refractivity contribution in [2.24, 2.45) is 0 Å². The van der Waals surface area contributed by atoms with Crippen LogP contribution < -0.4 is 0 Å². The number of hydrogen-bond donors (Lipinski definition) is 0. The molecule has 0 fully saturated rings. The Morgan fingerprint density at radius 1 is 1.12 bits per heavy atom. The molecule has 4 rings (SSSR count). The number of hydrogen-bond acceptors (Lipinski definition) is 2. The minimum Gasteiger partial charge on any atom is -0.299 e. The van der Waals surface area contributed by atoms with E-state index in [0.29, 0.717) is 12.8 Å². The first-order valence-corrected chi connectivity index (χ1v) is 8.82. The van der Waals surface area contributed by atoms with Gasteiger partial charge in [-0.3, -0.25) is 4.79 Å². The number of benzene rings is 2. The van der Waals surface area contributed by atoms with Crippen molar-refractivity contribution in [1.29, 1.82) is 0 Å². The van der Waals surface area contributed by atoms with Crippen LogP contribution >= 0.6 is 0 Å². The molecule has 26 heavy (non-hydrogen) atoms. The number of Topliss-reactive ketones (excluding diaryl/α,β-unsaturated/α-hetero) is 1. The lowest BCUT2D eigenvalue weighted by Crippen LogP contribution is -2.36. The van der Waals surface area contributed by atoms with Gasteiger partial charge in [0.2, 0.25) is 0 Å². The van der Waals surface area contributed by atoms with Crippen molar-refractivity contribution in [2.75, 3.05) is 0 Å². The molecule has 3 aromatic rings. The fourth-order valence-corrected chi connectivity index (χ4v) is 4.12. The van der Waals surface area contributed by atoms with Crippen molar-refractivity contribution in [3.63, 3.8) is 0 Å². The summed E-state index contributed by atoms with van der Waals surface area (Å²) in [5, 5.41) is 4.48. The Morgan fingerprint density at radius 3 is 2.54 bits per heavy atom. The lowest BCUT2D eigenvalue weighted by molar-refractivity contribution is -0.122. The van der Waals surface area contributed by atoms with E-state index in [1.165, 1.54) is 23.3 Å². The molecule has 4 heteroatoms. The largest absolute Gasteiger partial charge is 0.299 e. The number of carbonyl (C=O) groups is 1. The average molecular weight is 348 g/mol. The molecule has 1 atom stereocenters. The van der Waals surface area contributed by atoms with E-state index in [0.717, 1.165) is 22.5 Å².